The molecule has 1 saturated heterocycles. The van der Waals surface area contributed by atoms with E-state index in [2.05, 4.69) is 33.9 Å². The Hall–Kier alpha value is -3.59. The van der Waals surface area contributed by atoms with E-state index < -0.39 is 5.82 Å². The van der Waals surface area contributed by atoms with E-state index in [4.69, 9.17) is 0 Å². The summed E-state index contributed by atoms with van der Waals surface area (Å²) in [6.45, 7) is 7.10. The summed E-state index contributed by atoms with van der Waals surface area (Å²) in [4.78, 5) is 34.1. The first-order valence-electron chi connectivity index (χ1n) is 10.6. The molecule has 0 bridgehead atoms. The first-order valence-corrected chi connectivity index (χ1v) is 10.6. The van der Waals surface area contributed by atoms with Crippen molar-refractivity contribution in [3.63, 3.8) is 0 Å². The van der Waals surface area contributed by atoms with Crippen LogP contribution in [0.3, 0.4) is 0 Å². The summed E-state index contributed by atoms with van der Waals surface area (Å²) in [6, 6.07) is 8.31. The second kappa shape index (κ2) is 7.83. The Labute approximate surface area is 183 Å². The third kappa shape index (κ3) is 3.34. The standard InChI is InChI=1S/C23H23FN6O2/c1-14(2)28-8-10-29(11-9-28)23(32)30-13-17-21(26-27-22(17)31)16-12-15(5-6-19(16)30)20-18(24)4-3-7-25-20/h3-7,12-14H,8-11H2,1-2H3,(H,27,31). The minimum absolute atomic E-state index is 0.197. The maximum Gasteiger partial charge on any atom is 0.328 e. The van der Waals surface area contributed by atoms with Gasteiger partial charge in [-0.05, 0) is 38.1 Å². The lowest BCUT2D eigenvalue weighted by Gasteiger charge is -2.37. The van der Waals surface area contributed by atoms with Crippen LogP contribution in [0.4, 0.5) is 9.18 Å². The normalized spacial score (nSPS) is 15.2. The highest BCUT2D eigenvalue weighted by Gasteiger charge is 2.26. The second-order valence-electron chi connectivity index (χ2n) is 8.28. The van der Waals surface area contributed by atoms with Gasteiger partial charge in [0.25, 0.3) is 5.56 Å². The number of piperazine rings is 1. The number of benzene rings is 1. The van der Waals surface area contributed by atoms with Crippen LogP contribution in [0, 0.1) is 5.82 Å². The number of carbonyl (C=O) groups is 1. The quantitative estimate of drug-likeness (QED) is 0.524. The fourth-order valence-corrected chi connectivity index (χ4v) is 4.28. The maximum atomic E-state index is 14.3. The molecule has 3 aliphatic heterocycles. The zero-order valence-electron chi connectivity index (χ0n) is 17.9. The third-order valence-corrected chi connectivity index (χ3v) is 6.09. The smallest absolute Gasteiger partial charge is 0.321 e. The number of aromatic amines is 1. The van der Waals surface area contributed by atoms with Crippen LogP contribution in [0.1, 0.15) is 13.8 Å². The second-order valence-corrected chi connectivity index (χ2v) is 8.28. The van der Waals surface area contributed by atoms with Gasteiger partial charge in [-0.3, -0.25) is 19.2 Å². The number of hydrogen-bond acceptors (Lipinski definition) is 5. The van der Waals surface area contributed by atoms with Gasteiger partial charge in [0.1, 0.15) is 17.2 Å². The zero-order valence-corrected chi connectivity index (χ0v) is 17.9. The topological polar surface area (TPSA) is 87.1 Å². The predicted molar refractivity (Wildman–Crippen MR) is 119 cm³/mol. The van der Waals surface area contributed by atoms with Crippen LogP contribution in [0.5, 0.6) is 0 Å². The number of fused-ring (bicyclic) bond motifs is 3. The number of pyridine rings is 2. The number of nitrogens with zero attached hydrogens (tertiary/aromatic N) is 5. The molecule has 2 aromatic rings. The van der Waals surface area contributed by atoms with Crippen molar-refractivity contribution in [3.8, 4) is 22.5 Å². The summed E-state index contributed by atoms with van der Waals surface area (Å²) in [6.07, 6.45) is 3.07. The van der Waals surface area contributed by atoms with E-state index in [1.54, 1.807) is 29.3 Å². The SMILES string of the molecule is CC(C)N1CCN(C(=O)n2cc3c(=O)[nH]nc-3c3cc(-c4ncccc4F)ccc32)CC1. The summed E-state index contributed by atoms with van der Waals surface area (Å²) in [5.74, 6) is -0.447. The lowest BCUT2D eigenvalue weighted by molar-refractivity contribution is 0.120. The van der Waals surface area contributed by atoms with Crippen molar-refractivity contribution in [2.45, 2.75) is 19.9 Å². The van der Waals surface area contributed by atoms with E-state index >= 15 is 0 Å². The molecule has 1 amide bonds. The molecule has 0 unspecified atom stereocenters. The van der Waals surface area contributed by atoms with E-state index in [0.29, 0.717) is 46.9 Å². The van der Waals surface area contributed by atoms with Crippen molar-refractivity contribution in [3.05, 3.63) is 58.9 Å². The van der Waals surface area contributed by atoms with E-state index in [-0.39, 0.29) is 17.3 Å². The van der Waals surface area contributed by atoms with Gasteiger partial charge in [-0.25, -0.2) is 14.3 Å². The average Bonchev–Trinajstić information content (AvgIpc) is 3.19. The fourth-order valence-electron chi connectivity index (χ4n) is 4.28. The van der Waals surface area contributed by atoms with Gasteiger partial charge in [0, 0.05) is 55.6 Å². The van der Waals surface area contributed by atoms with E-state index in [9.17, 15) is 14.0 Å². The maximum absolute atomic E-state index is 14.3. The van der Waals surface area contributed by atoms with Crippen LogP contribution in [-0.4, -0.2) is 67.8 Å². The summed E-state index contributed by atoms with van der Waals surface area (Å²) < 4.78 is 15.8. The van der Waals surface area contributed by atoms with Crippen LogP contribution < -0.4 is 5.56 Å². The van der Waals surface area contributed by atoms with Gasteiger partial charge in [-0.2, -0.15) is 5.10 Å². The molecule has 8 nitrogen and oxygen atoms in total. The molecule has 0 atom stereocenters. The van der Waals surface area contributed by atoms with Crippen molar-refractivity contribution < 1.29 is 9.18 Å². The van der Waals surface area contributed by atoms with Gasteiger partial charge >= 0.3 is 6.03 Å². The number of hydrogen-bond donors (Lipinski definition) is 1. The molecule has 0 aliphatic carbocycles. The summed E-state index contributed by atoms with van der Waals surface area (Å²) in [5, 5.41) is 7.19. The van der Waals surface area contributed by atoms with Gasteiger partial charge < -0.3 is 4.90 Å². The molecule has 0 saturated carbocycles. The van der Waals surface area contributed by atoms with Crippen molar-refractivity contribution in [1.29, 1.82) is 0 Å². The Kier molecular flexibility index (Phi) is 4.97. The molecular formula is C23H23FN6O2. The largest absolute Gasteiger partial charge is 0.328 e. The Morgan fingerprint density at radius 1 is 1.12 bits per heavy atom. The number of H-pyrrole nitrogens is 1. The highest BCUT2D eigenvalue weighted by Crippen LogP contribution is 2.31. The van der Waals surface area contributed by atoms with Crippen LogP contribution in [-0.2, 0) is 0 Å². The van der Waals surface area contributed by atoms with Crippen LogP contribution in [0.2, 0.25) is 0 Å². The van der Waals surface area contributed by atoms with Crippen molar-refractivity contribution in [1.82, 2.24) is 29.5 Å². The molecule has 0 spiro atoms. The number of aromatic nitrogens is 4. The molecule has 32 heavy (non-hydrogen) atoms. The highest BCUT2D eigenvalue weighted by atomic mass is 19.1. The van der Waals surface area contributed by atoms with E-state index in [0.717, 1.165) is 13.1 Å². The zero-order chi connectivity index (χ0) is 22.4. The number of carbonyl (C=O) groups excluding carboxylic acids is 1. The number of nitrogens with one attached hydrogen (secondary N) is 1. The van der Waals surface area contributed by atoms with Gasteiger partial charge in [-0.15, -0.1) is 0 Å². The van der Waals surface area contributed by atoms with Crippen LogP contribution in [0.15, 0.2) is 47.5 Å². The summed E-state index contributed by atoms with van der Waals surface area (Å²) >= 11 is 0. The minimum atomic E-state index is -0.447. The number of halogens is 1. The molecule has 5 rings (SSSR count). The minimum Gasteiger partial charge on any atom is -0.321 e. The lowest BCUT2D eigenvalue weighted by Crippen LogP contribution is -2.51. The number of rotatable bonds is 2. The van der Waals surface area contributed by atoms with Crippen molar-refractivity contribution in [2.24, 2.45) is 0 Å². The lowest BCUT2D eigenvalue weighted by atomic mass is 10.0. The molecular weight excluding hydrogens is 411 g/mol. The monoisotopic (exact) mass is 434 g/mol. The van der Waals surface area contributed by atoms with Gasteiger partial charge in [0.2, 0.25) is 0 Å². The molecule has 1 aromatic carbocycles. The Morgan fingerprint density at radius 3 is 2.62 bits per heavy atom. The fraction of sp³-hybridized carbons (Fsp3) is 0.304. The average molecular weight is 434 g/mol. The molecule has 164 valence electrons. The molecule has 1 N–H and O–H groups in total. The highest BCUT2D eigenvalue weighted by molar-refractivity contribution is 6.00. The van der Waals surface area contributed by atoms with Crippen LogP contribution >= 0.6 is 0 Å². The molecule has 3 aliphatic rings. The molecule has 1 aromatic heterocycles. The first-order chi connectivity index (χ1) is 15.4. The Bertz CT molecular complexity index is 1340. The molecule has 9 heteroatoms. The predicted octanol–water partition coefficient (Wildman–Crippen LogP) is 3.02. The van der Waals surface area contributed by atoms with Crippen molar-refractivity contribution >= 4 is 16.9 Å². The first kappa shape index (κ1) is 20.3. The summed E-state index contributed by atoms with van der Waals surface area (Å²) in [5.41, 5.74) is 1.72. The Morgan fingerprint density at radius 2 is 1.91 bits per heavy atom. The number of amides is 1. The van der Waals surface area contributed by atoms with Gasteiger partial charge in [0.15, 0.2) is 0 Å². The van der Waals surface area contributed by atoms with E-state index in [1.165, 1.54) is 22.9 Å². The van der Waals surface area contributed by atoms with Crippen LogP contribution in [0.25, 0.3) is 33.4 Å². The molecule has 4 heterocycles. The van der Waals surface area contributed by atoms with Crippen molar-refractivity contribution in [2.75, 3.05) is 26.2 Å². The van der Waals surface area contributed by atoms with Gasteiger partial charge in [0.05, 0.1) is 11.1 Å². The summed E-state index contributed by atoms with van der Waals surface area (Å²) in [7, 11) is 0. The molecule has 1 fully saturated rings. The molecule has 0 radical (unpaired) electrons. The van der Waals surface area contributed by atoms with Gasteiger partial charge in [-0.1, -0.05) is 6.07 Å². The Balaban J connectivity index is 1.62. The van der Waals surface area contributed by atoms with E-state index in [1.807, 2.05) is 0 Å². The third-order valence-electron chi connectivity index (χ3n) is 6.09.